The Morgan fingerprint density at radius 1 is 1.23 bits per heavy atom. The number of carbonyl (C=O) groups excluding carboxylic acids is 1. The molecule has 2 aliphatic heterocycles. The van der Waals surface area contributed by atoms with Gasteiger partial charge in [-0.2, -0.15) is 0 Å². The van der Waals surface area contributed by atoms with E-state index in [2.05, 4.69) is 45.9 Å². The predicted molar refractivity (Wildman–Crippen MR) is 91.1 cm³/mol. The molecule has 22 heavy (non-hydrogen) atoms. The number of hydrogen-bond donors (Lipinski definition) is 2. The summed E-state index contributed by atoms with van der Waals surface area (Å²) in [6.45, 7) is 4.60. The highest BCUT2D eigenvalue weighted by atomic mass is 35.5. The molecule has 122 valence electrons. The van der Waals surface area contributed by atoms with Crippen LogP contribution in [0.25, 0.3) is 0 Å². The van der Waals surface area contributed by atoms with Crippen LogP contribution in [0.15, 0.2) is 30.3 Å². The number of likely N-dealkylation sites (tertiary alicyclic amines) is 1. The number of nitrogens with one attached hydrogen (secondary N) is 2. The Bertz CT molecular complexity index is 464. The van der Waals surface area contributed by atoms with Crippen LogP contribution in [-0.2, 0) is 11.3 Å². The highest BCUT2D eigenvalue weighted by molar-refractivity contribution is 5.85. The SMILES string of the molecule is Cl.O=C(NCC1CCCCN1Cc1ccccc1)C1CNC1. The average Bonchev–Trinajstić information content (AvgIpc) is 2.46. The van der Waals surface area contributed by atoms with E-state index in [-0.39, 0.29) is 24.2 Å². The predicted octanol–water partition coefficient (Wildman–Crippen LogP) is 1.80. The standard InChI is InChI=1S/C17H25N3O.ClH/c21-17(15-10-18-11-15)19-12-16-8-4-5-9-20(16)13-14-6-2-1-3-7-14;/h1-3,6-7,15-16,18H,4-5,8-13H2,(H,19,21);1H. The summed E-state index contributed by atoms with van der Waals surface area (Å²) < 4.78 is 0. The zero-order valence-corrected chi connectivity index (χ0v) is 13.8. The third-order valence-corrected chi connectivity index (χ3v) is 4.64. The van der Waals surface area contributed by atoms with Gasteiger partial charge in [-0.3, -0.25) is 9.69 Å². The topological polar surface area (TPSA) is 44.4 Å². The van der Waals surface area contributed by atoms with Crippen LogP contribution < -0.4 is 10.6 Å². The Balaban J connectivity index is 0.00000176. The van der Waals surface area contributed by atoms with E-state index in [0.29, 0.717) is 6.04 Å². The number of carbonyl (C=O) groups is 1. The maximum atomic E-state index is 12.0. The van der Waals surface area contributed by atoms with Crippen molar-refractivity contribution in [3.63, 3.8) is 0 Å². The van der Waals surface area contributed by atoms with Crippen LogP contribution in [0, 0.1) is 5.92 Å². The van der Waals surface area contributed by atoms with Crippen LogP contribution in [0.1, 0.15) is 24.8 Å². The number of halogens is 1. The number of piperidine rings is 1. The van der Waals surface area contributed by atoms with Crippen LogP contribution in [0.5, 0.6) is 0 Å². The normalized spacial score (nSPS) is 22.5. The largest absolute Gasteiger partial charge is 0.354 e. The minimum atomic E-state index is 0. The monoisotopic (exact) mass is 323 g/mol. The van der Waals surface area contributed by atoms with Gasteiger partial charge in [0.2, 0.25) is 5.91 Å². The first-order valence-corrected chi connectivity index (χ1v) is 8.09. The highest BCUT2D eigenvalue weighted by Gasteiger charge is 2.27. The molecule has 1 aromatic rings. The second kappa shape index (κ2) is 8.51. The number of nitrogens with zero attached hydrogens (tertiary/aromatic N) is 1. The van der Waals surface area contributed by atoms with Crippen molar-refractivity contribution < 1.29 is 4.79 Å². The van der Waals surface area contributed by atoms with Crippen molar-refractivity contribution in [2.45, 2.75) is 31.8 Å². The van der Waals surface area contributed by atoms with E-state index >= 15 is 0 Å². The first kappa shape index (κ1) is 17.3. The second-order valence-electron chi connectivity index (χ2n) is 6.21. The number of rotatable bonds is 5. The molecule has 0 radical (unpaired) electrons. The molecule has 0 aromatic heterocycles. The summed E-state index contributed by atoms with van der Waals surface area (Å²) >= 11 is 0. The Hall–Kier alpha value is -1.10. The van der Waals surface area contributed by atoms with E-state index in [1.165, 1.54) is 24.8 Å². The van der Waals surface area contributed by atoms with E-state index < -0.39 is 0 Å². The fourth-order valence-electron chi connectivity index (χ4n) is 3.15. The van der Waals surface area contributed by atoms with Crippen LogP contribution in [0.4, 0.5) is 0 Å². The van der Waals surface area contributed by atoms with Crippen LogP contribution in [0.3, 0.4) is 0 Å². The van der Waals surface area contributed by atoms with Crippen LogP contribution in [0.2, 0.25) is 0 Å². The van der Waals surface area contributed by atoms with Crippen LogP contribution >= 0.6 is 12.4 Å². The lowest BCUT2D eigenvalue weighted by Crippen LogP contribution is -2.53. The Morgan fingerprint density at radius 3 is 2.68 bits per heavy atom. The van der Waals surface area contributed by atoms with Gasteiger partial charge >= 0.3 is 0 Å². The summed E-state index contributed by atoms with van der Waals surface area (Å²) in [5, 5.41) is 6.30. The molecule has 1 amide bonds. The van der Waals surface area contributed by atoms with Crippen molar-refractivity contribution in [1.29, 1.82) is 0 Å². The molecule has 2 aliphatic rings. The van der Waals surface area contributed by atoms with Gasteiger partial charge in [0.25, 0.3) is 0 Å². The zero-order valence-electron chi connectivity index (χ0n) is 13.0. The Morgan fingerprint density at radius 2 is 2.00 bits per heavy atom. The van der Waals surface area contributed by atoms with Crippen molar-refractivity contribution in [2.75, 3.05) is 26.2 Å². The summed E-state index contributed by atoms with van der Waals surface area (Å²) in [6.07, 6.45) is 3.73. The molecule has 5 heteroatoms. The smallest absolute Gasteiger partial charge is 0.225 e. The number of hydrogen-bond acceptors (Lipinski definition) is 3. The maximum Gasteiger partial charge on any atom is 0.225 e. The van der Waals surface area contributed by atoms with Gasteiger partial charge in [-0.15, -0.1) is 12.4 Å². The molecule has 0 saturated carbocycles. The summed E-state index contributed by atoms with van der Waals surface area (Å²) in [5.74, 6) is 0.412. The molecule has 2 heterocycles. The average molecular weight is 324 g/mol. The highest BCUT2D eigenvalue weighted by Crippen LogP contribution is 2.19. The molecule has 0 aliphatic carbocycles. The summed E-state index contributed by atoms with van der Waals surface area (Å²) in [4.78, 5) is 14.5. The quantitative estimate of drug-likeness (QED) is 0.868. The van der Waals surface area contributed by atoms with Crippen molar-refractivity contribution in [3.05, 3.63) is 35.9 Å². The Labute approximate surface area is 139 Å². The number of amides is 1. The first-order valence-electron chi connectivity index (χ1n) is 8.09. The lowest BCUT2D eigenvalue weighted by atomic mass is 9.99. The summed E-state index contributed by atoms with van der Waals surface area (Å²) in [5.41, 5.74) is 1.36. The van der Waals surface area contributed by atoms with Gasteiger partial charge in [-0.25, -0.2) is 0 Å². The number of benzene rings is 1. The van der Waals surface area contributed by atoms with Crippen molar-refractivity contribution in [2.24, 2.45) is 5.92 Å². The lowest BCUT2D eigenvalue weighted by molar-refractivity contribution is -0.126. The fraction of sp³-hybridized carbons (Fsp3) is 0.588. The molecule has 3 rings (SSSR count). The van der Waals surface area contributed by atoms with Gasteiger partial charge in [0, 0.05) is 32.2 Å². The second-order valence-corrected chi connectivity index (χ2v) is 6.21. The molecule has 2 fully saturated rings. The third-order valence-electron chi connectivity index (χ3n) is 4.64. The molecule has 1 aromatic carbocycles. The first-order chi connectivity index (χ1) is 10.3. The molecule has 2 saturated heterocycles. The van der Waals surface area contributed by atoms with E-state index in [1.807, 2.05) is 0 Å². The van der Waals surface area contributed by atoms with Crippen LogP contribution in [-0.4, -0.2) is 43.0 Å². The van der Waals surface area contributed by atoms with Gasteiger partial charge in [-0.05, 0) is 24.9 Å². The van der Waals surface area contributed by atoms with Crippen molar-refractivity contribution in [1.82, 2.24) is 15.5 Å². The summed E-state index contributed by atoms with van der Waals surface area (Å²) in [6, 6.07) is 11.1. The summed E-state index contributed by atoms with van der Waals surface area (Å²) in [7, 11) is 0. The fourth-order valence-corrected chi connectivity index (χ4v) is 3.15. The molecule has 0 bridgehead atoms. The Kier molecular flexibility index (Phi) is 6.68. The molecule has 1 atom stereocenters. The van der Waals surface area contributed by atoms with Crippen molar-refractivity contribution in [3.8, 4) is 0 Å². The van der Waals surface area contributed by atoms with Gasteiger partial charge < -0.3 is 10.6 Å². The zero-order chi connectivity index (χ0) is 14.5. The van der Waals surface area contributed by atoms with E-state index in [4.69, 9.17) is 0 Å². The molecular weight excluding hydrogens is 298 g/mol. The van der Waals surface area contributed by atoms with Gasteiger partial charge in [0.15, 0.2) is 0 Å². The molecular formula is C17H26ClN3O. The molecule has 4 nitrogen and oxygen atoms in total. The molecule has 0 spiro atoms. The minimum Gasteiger partial charge on any atom is -0.354 e. The molecule has 2 N–H and O–H groups in total. The maximum absolute atomic E-state index is 12.0. The van der Waals surface area contributed by atoms with E-state index in [9.17, 15) is 4.79 Å². The minimum absolute atomic E-state index is 0. The lowest BCUT2D eigenvalue weighted by Gasteiger charge is -2.36. The molecule has 1 unspecified atom stereocenters. The van der Waals surface area contributed by atoms with E-state index in [1.54, 1.807) is 0 Å². The van der Waals surface area contributed by atoms with E-state index in [0.717, 1.165) is 32.7 Å². The third kappa shape index (κ3) is 4.45. The van der Waals surface area contributed by atoms with Crippen molar-refractivity contribution >= 4 is 18.3 Å². The van der Waals surface area contributed by atoms with Gasteiger partial charge in [-0.1, -0.05) is 36.8 Å². The van der Waals surface area contributed by atoms with Gasteiger partial charge in [0.05, 0.1) is 5.92 Å². The van der Waals surface area contributed by atoms with Gasteiger partial charge in [0.1, 0.15) is 0 Å².